The molecule has 2 N–H and O–H groups in total. The third-order valence-corrected chi connectivity index (χ3v) is 8.31. The van der Waals surface area contributed by atoms with E-state index in [-0.39, 0.29) is 16.7 Å². The van der Waals surface area contributed by atoms with Crippen LogP contribution in [0.5, 0.6) is 0 Å². The average Bonchev–Trinajstić information content (AvgIpc) is 3.36. The van der Waals surface area contributed by atoms with E-state index in [9.17, 15) is 8.42 Å². The summed E-state index contributed by atoms with van der Waals surface area (Å²) in [4.78, 5) is 4.39. The van der Waals surface area contributed by atoms with Crippen molar-refractivity contribution in [1.29, 1.82) is 0 Å². The van der Waals surface area contributed by atoms with Gasteiger partial charge in [-0.1, -0.05) is 35.9 Å². The molecule has 1 aromatic carbocycles. The van der Waals surface area contributed by atoms with Crippen molar-refractivity contribution in [2.75, 3.05) is 6.54 Å². The summed E-state index contributed by atoms with van der Waals surface area (Å²) in [6, 6.07) is 15.2. The molecule has 4 rings (SSSR count). The molecule has 3 aromatic heterocycles. The number of nitrogens with one attached hydrogen (secondary N) is 2. The van der Waals surface area contributed by atoms with E-state index in [1.165, 1.54) is 6.07 Å². The second kappa shape index (κ2) is 7.17. The zero-order valence-electron chi connectivity index (χ0n) is 13.5. The number of hydrogen-bond acceptors (Lipinski definition) is 4. The molecule has 1 atom stereocenters. The van der Waals surface area contributed by atoms with Gasteiger partial charge in [-0.05, 0) is 35.2 Å². The quantitative estimate of drug-likeness (QED) is 0.456. The van der Waals surface area contributed by atoms with Gasteiger partial charge in [0.1, 0.15) is 4.21 Å². The molecule has 0 aliphatic carbocycles. The number of rotatable bonds is 6. The minimum Gasteiger partial charge on any atom is -0.361 e. The van der Waals surface area contributed by atoms with E-state index >= 15 is 0 Å². The Balaban J connectivity index is 1.67. The van der Waals surface area contributed by atoms with Crippen LogP contribution in [-0.4, -0.2) is 19.9 Å². The third kappa shape index (κ3) is 3.45. The summed E-state index contributed by atoms with van der Waals surface area (Å²) in [6.45, 7) is 0.278. The highest BCUT2D eigenvalue weighted by molar-refractivity contribution is 7.91. The first-order valence-corrected chi connectivity index (χ1v) is 11.4. The minimum absolute atomic E-state index is 0.0728. The fourth-order valence-corrected chi connectivity index (χ4v) is 6.36. The van der Waals surface area contributed by atoms with Crippen molar-refractivity contribution in [3.8, 4) is 0 Å². The Bertz CT molecular complexity index is 1130. The number of halogens is 1. The van der Waals surface area contributed by atoms with Crippen molar-refractivity contribution in [2.45, 2.75) is 10.1 Å². The van der Waals surface area contributed by atoms with Gasteiger partial charge in [0.15, 0.2) is 0 Å². The standard InChI is InChI=1S/C18H15ClN2O2S3/c19-17-7-8-18(25-17)26(22,23)21-11-14(16-6-3-9-24-16)13-10-20-15-5-2-1-4-12(13)15/h1-10,14,20-21H,11H2/t14-/m0/s1. The Morgan fingerprint density at radius 1 is 1.12 bits per heavy atom. The first-order valence-electron chi connectivity index (χ1n) is 7.89. The van der Waals surface area contributed by atoms with E-state index in [0.29, 0.717) is 4.34 Å². The molecule has 0 spiro atoms. The minimum atomic E-state index is -3.59. The van der Waals surface area contributed by atoms with Crippen molar-refractivity contribution in [1.82, 2.24) is 9.71 Å². The summed E-state index contributed by atoms with van der Waals surface area (Å²) in [6.07, 6.45) is 1.96. The Kier molecular flexibility index (Phi) is 4.90. The lowest BCUT2D eigenvalue weighted by Gasteiger charge is -2.16. The second-order valence-corrected chi connectivity index (χ2v) is 10.5. The molecule has 0 saturated carbocycles. The number of thiophene rings is 2. The normalized spacial score (nSPS) is 13.3. The van der Waals surface area contributed by atoms with E-state index < -0.39 is 10.0 Å². The van der Waals surface area contributed by atoms with Crippen LogP contribution in [0.4, 0.5) is 0 Å². The molecule has 0 aliphatic rings. The van der Waals surface area contributed by atoms with Crippen LogP contribution in [0, 0.1) is 0 Å². The maximum absolute atomic E-state index is 12.6. The van der Waals surface area contributed by atoms with E-state index in [4.69, 9.17) is 11.6 Å². The monoisotopic (exact) mass is 422 g/mol. The predicted octanol–water partition coefficient (Wildman–Crippen LogP) is 5.05. The number of sulfonamides is 1. The summed E-state index contributed by atoms with van der Waals surface area (Å²) < 4.78 is 28.6. The molecule has 0 fully saturated rings. The summed E-state index contributed by atoms with van der Waals surface area (Å²) >= 11 is 8.56. The highest BCUT2D eigenvalue weighted by Crippen LogP contribution is 2.33. The molecule has 0 unspecified atom stereocenters. The molecular formula is C18H15ClN2O2S3. The van der Waals surface area contributed by atoms with E-state index in [2.05, 4.69) is 15.8 Å². The van der Waals surface area contributed by atoms with Gasteiger partial charge in [0.25, 0.3) is 0 Å². The molecule has 4 nitrogen and oxygen atoms in total. The van der Waals surface area contributed by atoms with E-state index in [0.717, 1.165) is 32.7 Å². The summed E-state index contributed by atoms with van der Waals surface area (Å²) in [5.41, 5.74) is 2.12. The van der Waals surface area contributed by atoms with Crippen LogP contribution in [0.3, 0.4) is 0 Å². The molecule has 0 saturated heterocycles. The Hall–Kier alpha value is -1.64. The molecule has 134 valence electrons. The first kappa shape index (κ1) is 17.8. The zero-order chi connectivity index (χ0) is 18.1. The number of aromatic amines is 1. The highest BCUT2D eigenvalue weighted by Gasteiger charge is 2.23. The molecular weight excluding hydrogens is 408 g/mol. The predicted molar refractivity (Wildman–Crippen MR) is 109 cm³/mol. The first-order chi connectivity index (χ1) is 12.5. The van der Waals surface area contributed by atoms with Crippen LogP contribution < -0.4 is 4.72 Å². The molecule has 0 aliphatic heterocycles. The van der Waals surface area contributed by atoms with Crippen LogP contribution in [0.25, 0.3) is 10.9 Å². The van der Waals surface area contributed by atoms with Gasteiger partial charge < -0.3 is 4.98 Å². The summed E-state index contributed by atoms with van der Waals surface area (Å²) in [7, 11) is -3.59. The Labute approximate surface area is 164 Å². The van der Waals surface area contributed by atoms with Crippen LogP contribution in [0.2, 0.25) is 4.34 Å². The lowest BCUT2D eigenvalue weighted by molar-refractivity contribution is 0.580. The van der Waals surface area contributed by atoms with Gasteiger partial charge in [0.05, 0.1) is 4.34 Å². The fraction of sp³-hybridized carbons (Fsp3) is 0.111. The van der Waals surface area contributed by atoms with Crippen LogP contribution in [0.15, 0.2) is 64.3 Å². The van der Waals surface area contributed by atoms with Gasteiger partial charge in [-0.15, -0.1) is 22.7 Å². The van der Waals surface area contributed by atoms with Crippen molar-refractivity contribution in [3.05, 3.63) is 74.9 Å². The number of benzene rings is 1. The van der Waals surface area contributed by atoms with Crippen molar-refractivity contribution in [2.24, 2.45) is 0 Å². The zero-order valence-corrected chi connectivity index (χ0v) is 16.7. The lowest BCUT2D eigenvalue weighted by atomic mass is 9.97. The van der Waals surface area contributed by atoms with Crippen LogP contribution in [-0.2, 0) is 10.0 Å². The summed E-state index contributed by atoms with van der Waals surface area (Å²) in [5.74, 6) is -0.0728. The smallest absolute Gasteiger partial charge is 0.250 e. The van der Waals surface area contributed by atoms with Crippen molar-refractivity contribution >= 4 is 55.2 Å². The topological polar surface area (TPSA) is 62.0 Å². The van der Waals surface area contributed by atoms with Gasteiger partial charge in [-0.3, -0.25) is 0 Å². The van der Waals surface area contributed by atoms with Gasteiger partial charge in [-0.2, -0.15) is 0 Å². The molecule has 8 heteroatoms. The van der Waals surface area contributed by atoms with Crippen LogP contribution >= 0.6 is 34.3 Å². The number of para-hydroxylation sites is 1. The van der Waals surface area contributed by atoms with Gasteiger partial charge >= 0.3 is 0 Å². The Morgan fingerprint density at radius 3 is 2.69 bits per heavy atom. The second-order valence-electron chi connectivity index (χ2n) is 5.77. The maximum atomic E-state index is 12.6. The number of aromatic nitrogens is 1. The Morgan fingerprint density at radius 2 is 1.96 bits per heavy atom. The number of H-pyrrole nitrogens is 1. The van der Waals surface area contributed by atoms with Crippen molar-refractivity contribution < 1.29 is 8.42 Å². The molecule has 26 heavy (non-hydrogen) atoms. The number of hydrogen-bond donors (Lipinski definition) is 2. The average molecular weight is 423 g/mol. The lowest BCUT2D eigenvalue weighted by Crippen LogP contribution is -2.28. The molecule has 3 heterocycles. The van der Waals surface area contributed by atoms with E-state index in [1.54, 1.807) is 17.4 Å². The summed E-state index contributed by atoms with van der Waals surface area (Å²) in [5, 5.41) is 3.11. The molecule has 4 aromatic rings. The largest absolute Gasteiger partial charge is 0.361 e. The highest BCUT2D eigenvalue weighted by atomic mass is 35.5. The van der Waals surface area contributed by atoms with Gasteiger partial charge in [-0.25, -0.2) is 13.1 Å². The third-order valence-electron chi connectivity index (χ3n) is 4.17. The molecule has 0 radical (unpaired) electrons. The number of fused-ring (bicyclic) bond motifs is 1. The fourth-order valence-electron chi connectivity index (χ4n) is 2.94. The van der Waals surface area contributed by atoms with Crippen LogP contribution in [0.1, 0.15) is 16.4 Å². The van der Waals surface area contributed by atoms with E-state index in [1.807, 2.05) is 41.9 Å². The molecule has 0 amide bonds. The van der Waals surface area contributed by atoms with Gasteiger partial charge in [0, 0.05) is 34.4 Å². The molecule has 0 bridgehead atoms. The van der Waals surface area contributed by atoms with Crippen molar-refractivity contribution in [3.63, 3.8) is 0 Å². The maximum Gasteiger partial charge on any atom is 0.250 e. The SMILES string of the molecule is O=S(=O)(NC[C@H](c1cccs1)c1c[nH]c2ccccc12)c1ccc(Cl)s1. The van der Waals surface area contributed by atoms with Gasteiger partial charge in [0.2, 0.25) is 10.0 Å².